The van der Waals surface area contributed by atoms with Crippen LogP contribution in [0.5, 0.6) is 0 Å². The summed E-state index contributed by atoms with van der Waals surface area (Å²) in [6.45, 7) is 8.57. The Kier molecular flexibility index (Phi) is 6.08. The van der Waals surface area contributed by atoms with Crippen molar-refractivity contribution < 1.29 is 14.2 Å². The van der Waals surface area contributed by atoms with Crippen LogP contribution in [0.2, 0.25) is 0 Å². The molecule has 3 unspecified atom stereocenters. The fourth-order valence-corrected chi connectivity index (χ4v) is 4.56. The molecule has 1 aliphatic heterocycles. The molecule has 150 valence electrons. The van der Waals surface area contributed by atoms with Gasteiger partial charge in [-0.15, -0.1) is 0 Å². The van der Waals surface area contributed by atoms with Gasteiger partial charge in [0.25, 0.3) is 0 Å². The van der Waals surface area contributed by atoms with Crippen LogP contribution in [0.15, 0.2) is 72.8 Å². The van der Waals surface area contributed by atoms with Gasteiger partial charge >= 0.3 is 0 Å². The Morgan fingerprint density at radius 2 is 1.14 bits per heavy atom. The first-order valence-electron chi connectivity index (χ1n) is 10.6. The van der Waals surface area contributed by atoms with Gasteiger partial charge < -0.3 is 0 Å². The van der Waals surface area contributed by atoms with Crippen LogP contribution in [-0.2, 0) is 13.1 Å². The van der Waals surface area contributed by atoms with Crippen molar-refractivity contribution in [1.29, 1.82) is 0 Å². The summed E-state index contributed by atoms with van der Waals surface area (Å²) in [6.07, 6.45) is 1.59. The predicted octanol–water partition coefficient (Wildman–Crippen LogP) is 3.02. The van der Waals surface area contributed by atoms with Crippen LogP contribution < -0.4 is 9.80 Å². The van der Waals surface area contributed by atoms with E-state index >= 15 is 0 Å². The van der Waals surface area contributed by atoms with E-state index in [1.807, 2.05) is 12.1 Å². The molecule has 1 fully saturated rings. The minimum absolute atomic E-state index is 0.163. The number of rotatable bonds is 5. The zero-order valence-electron chi connectivity index (χ0n) is 17.4. The summed E-state index contributed by atoms with van der Waals surface area (Å²) < 4.78 is 13.4. The zero-order valence-corrected chi connectivity index (χ0v) is 17.4. The summed E-state index contributed by atoms with van der Waals surface area (Å²) >= 11 is 0. The number of hydrogen-bond acceptors (Lipinski definition) is 0. The van der Waals surface area contributed by atoms with Crippen LogP contribution in [-0.4, -0.2) is 13.1 Å². The van der Waals surface area contributed by atoms with Crippen molar-refractivity contribution in [3.63, 3.8) is 0 Å². The first-order chi connectivity index (χ1) is 14.1. The standard InChI is InChI=1S/C26H29FN2/c1-20-4-8-22(9-5-20)18-28-16-3-17-29(19-23-10-14-25(27)15-11-23)26(28)24-12-6-21(2)7-13-24/h4-15,26H,3,16-19H2,1-2H3/p+2. The Balaban J connectivity index is 1.62. The van der Waals surface area contributed by atoms with Crippen molar-refractivity contribution in [2.24, 2.45) is 0 Å². The Morgan fingerprint density at radius 1 is 0.690 bits per heavy atom. The average molecular weight is 391 g/mol. The molecule has 1 aliphatic rings. The maximum atomic E-state index is 13.4. The third-order valence-corrected chi connectivity index (χ3v) is 6.12. The van der Waals surface area contributed by atoms with E-state index in [4.69, 9.17) is 0 Å². The summed E-state index contributed by atoms with van der Waals surface area (Å²) in [5, 5.41) is 0. The van der Waals surface area contributed by atoms with Crippen molar-refractivity contribution in [2.75, 3.05) is 13.1 Å². The Morgan fingerprint density at radius 3 is 1.66 bits per heavy atom. The van der Waals surface area contributed by atoms with Crippen LogP contribution in [0.3, 0.4) is 0 Å². The number of halogens is 1. The molecule has 3 aromatic rings. The van der Waals surface area contributed by atoms with Gasteiger partial charge in [-0.3, -0.25) is 9.80 Å². The Hall–Kier alpha value is -2.49. The minimum atomic E-state index is -0.163. The van der Waals surface area contributed by atoms with Crippen molar-refractivity contribution in [1.82, 2.24) is 0 Å². The van der Waals surface area contributed by atoms with Gasteiger partial charge in [0.2, 0.25) is 6.17 Å². The molecule has 0 amide bonds. The van der Waals surface area contributed by atoms with E-state index in [0.717, 1.165) is 19.6 Å². The highest BCUT2D eigenvalue weighted by atomic mass is 19.1. The molecule has 0 aliphatic carbocycles. The van der Waals surface area contributed by atoms with Crippen molar-refractivity contribution in [3.8, 4) is 0 Å². The normalized spacial score (nSPS) is 21.8. The summed E-state index contributed by atoms with van der Waals surface area (Å²) in [5.41, 5.74) is 6.60. The first-order valence-corrected chi connectivity index (χ1v) is 10.6. The van der Waals surface area contributed by atoms with E-state index in [1.165, 1.54) is 40.8 Å². The molecule has 29 heavy (non-hydrogen) atoms. The van der Waals surface area contributed by atoms with Gasteiger partial charge in [0.15, 0.2) is 0 Å². The number of hydrogen-bond donors (Lipinski definition) is 2. The molecular formula is C26H31FN2+2. The largest absolute Gasteiger partial charge is 0.278 e. The molecule has 1 heterocycles. The third kappa shape index (κ3) is 4.92. The van der Waals surface area contributed by atoms with Gasteiger partial charge in [0.05, 0.1) is 18.7 Å². The van der Waals surface area contributed by atoms with Gasteiger partial charge in [0.1, 0.15) is 18.9 Å². The maximum absolute atomic E-state index is 13.4. The Bertz CT molecular complexity index is 861. The molecule has 0 radical (unpaired) electrons. The monoisotopic (exact) mass is 390 g/mol. The van der Waals surface area contributed by atoms with Gasteiger partial charge in [-0.25, -0.2) is 4.39 Å². The summed E-state index contributed by atoms with van der Waals surface area (Å²) in [6, 6.07) is 25.0. The predicted molar refractivity (Wildman–Crippen MR) is 115 cm³/mol. The second-order valence-electron chi connectivity index (χ2n) is 8.48. The smallest absolute Gasteiger partial charge is 0.240 e. The van der Waals surface area contributed by atoms with E-state index in [2.05, 4.69) is 62.4 Å². The van der Waals surface area contributed by atoms with Crippen LogP contribution in [0.1, 0.15) is 40.4 Å². The molecule has 4 rings (SSSR count). The molecule has 1 saturated heterocycles. The third-order valence-electron chi connectivity index (χ3n) is 6.12. The van der Waals surface area contributed by atoms with Crippen LogP contribution in [0.4, 0.5) is 4.39 Å². The van der Waals surface area contributed by atoms with E-state index < -0.39 is 0 Å². The molecule has 3 atom stereocenters. The van der Waals surface area contributed by atoms with Gasteiger partial charge in [0, 0.05) is 17.5 Å². The van der Waals surface area contributed by atoms with E-state index in [0.29, 0.717) is 6.17 Å². The SMILES string of the molecule is Cc1ccc(C[NH+]2CCC[NH+](Cc3ccc(F)cc3)C2c2ccc(C)cc2)cc1. The van der Waals surface area contributed by atoms with E-state index in [-0.39, 0.29) is 5.82 Å². The molecule has 3 heteroatoms. The number of quaternary nitrogens is 2. The van der Waals surface area contributed by atoms with Gasteiger partial charge in [-0.1, -0.05) is 59.7 Å². The summed E-state index contributed by atoms with van der Waals surface area (Å²) in [7, 11) is 0. The second kappa shape index (κ2) is 8.89. The fraction of sp³-hybridized carbons (Fsp3) is 0.308. The average Bonchev–Trinajstić information content (AvgIpc) is 2.73. The first kappa shape index (κ1) is 19.8. The van der Waals surface area contributed by atoms with Crippen molar-refractivity contribution in [2.45, 2.75) is 39.5 Å². The number of nitrogens with one attached hydrogen (secondary N) is 2. The number of benzene rings is 3. The highest BCUT2D eigenvalue weighted by molar-refractivity contribution is 5.23. The quantitative estimate of drug-likeness (QED) is 0.663. The van der Waals surface area contributed by atoms with Crippen molar-refractivity contribution in [3.05, 3.63) is 106 Å². The zero-order chi connectivity index (χ0) is 20.2. The molecule has 0 bridgehead atoms. The summed E-state index contributed by atoms with van der Waals surface area (Å²) in [5.74, 6) is -0.163. The molecule has 0 aromatic heterocycles. The maximum Gasteiger partial charge on any atom is 0.240 e. The molecule has 3 aromatic carbocycles. The van der Waals surface area contributed by atoms with Crippen LogP contribution in [0.25, 0.3) is 0 Å². The molecular weight excluding hydrogens is 359 g/mol. The van der Waals surface area contributed by atoms with E-state index in [9.17, 15) is 4.39 Å². The lowest BCUT2D eigenvalue weighted by molar-refractivity contribution is -1.16. The van der Waals surface area contributed by atoms with Crippen molar-refractivity contribution >= 4 is 0 Å². The van der Waals surface area contributed by atoms with Crippen LogP contribution in [0, 0.1) is 19.7 Å². The van der Waals surface area contributed by atoms with Gasteiger partial charge in [-0.05, 0) is 38.1 Å². The molecule has 0 saturated carbocycles. The molecule has 0 spiro atoms. The Labute approximate surface area is 173 Å². The molecule has 2 nitrogen and oxygen atoms in total. The lowest BCUT2D eigenvalue weighted by Gasteiger charge is -2.38. The second-order valence-corrected chi connectivity index (χ2v) is 8.48. The minimum Gasteiger partial charge on any atom is -0.278 e. The number of aryl methyl sites for hydroxylation is 2. The lowest BCUT2D eigenvalue weighted by Crippen LogP contribution is -3.32. The summed E-state index contributed by atoms with van der Waals surface area (Å²) in [4.78, 5) is 3.18. The molecule has 2 N–H and O–H groups in total. The van der Waals surface area contributed by atoms with Crippen LogP contribution >= 0.6 is 0 Å². The van der Waals surface area contributed by atoms with E-state index in [1.54, 1.807) is 21.9 Å². The lowest BCUT2D eigenvalue weighted by atomic mass is 10.0. The fourth-order valence-electron chi connectivity index (χ4n) is 4.56. The van der Waals surface area contributed by atoms with Gasteiger partial charge in [-0.2, -0.15) is 0 Å². The highest BCUT2D eigenvalue weighted by Gasteiger charge is 2.37. The topological polar surface area (TPSA) is 8.88 Å². The highest BCUT2D eigenvalue weighted by Crippen LogP contribution is 2.11.